The first-order chi connectivity index (χ1) is 15.3. The quantitative estimate of drug-likeness (QED) is 0.479. The smallest absolute Gasteiger partial charge is 0.262 e. The first-order valence-corrected chi connectivity index (χ1v) is 11.6. The van der Waals surface area contributed by atoms with Gasteiger partial charge in [-0.2, -0.15) is 0 Å². The van der Waals surface area contributed by atoms with Gasteiger partial charge in [0.15, 0.2) is 6.61 Å². The third-order valence-corrected chi connectivity index (χ3v) is 6.42. The molecule has 7 nitrogen and oxygen atoms in total. The zero-order valence-electron chi connectivity index (χ0n) is 17.5. The molecule has 1 unspecified atom stereocenters. The van der Waals surface area contributed by atoms with Crippen LogP contribution in [0.15, 0.2) is 77.7 Å². The van der Waals surface area contributed by atoms with Crippen LogP contribution in [-0.2, 0) is 14.8 Å². The molecule has 0 heterocycles. The van der Waals surface area contributed by atoms with Gasteiger partial charge in [-0.1, -0.05) is 54.1 Å². The fraction of sp³-hybridized carbons (Fsp3) is 0.174. The van der Waals surface area contributed by atoms with E-state index in [9.17, 15) is 13.2 Å². The lowest BCUT2D eigenvalue weighted by molar-refractivity contribution is -0.118. The van der Waals surface area contributed by atoms with Gasteiger partial charge in [0.1, 0.15) is 11.5 Å². The predicted molar refractivity (Wildman–Crippen MR) is 124 cm³/mol. The number of para-hydroxylation sites is 2. The highest BCUT2D eigenvalue weighted by Gasteiger charge is 2.20. The zero-order chi connectivity index (χ0) is 23.1. The van der Waals surface area contributed by atoms with E-state index in [1.807, 2.05) is 30.3 Å². The molecule has 1 amide bonds. The maximum Gasteiger partial charge on any atom is 0.262 e. The molecule has 3 rings (SSSR count). The van der Waals surface area contributed by atoms with E-state index in [-0.39, 0.29) is 22.3 Å². The monoisotopic (exact) mass is 474 g/mol. The summed E-state index contributed by atoms with van der Waals surface area (Å²) in [6.07, 6.45) is 0. The van der Waals surface area contributed by atoms with Crippen molar-refractivity contribution in [2.24, 2.45) is 0 Å². The van der Waals surface area contributed by atoms with Gasteiger partial charge in [0.05, 0.1) is 22.7 Å². The first kappa shape index (κ1) is 23.6. The number of nitrogens with one attached hydrogen (secondary N) is 2. The van der Waals surface area contributed by atoms with Crippen molar-refractivity contribution in [1.29, 1.82) is 0 Å². The van der Waals surface area contributed by atoms with E-state index in [0.29, 0.717) is 11.4 Å². The lowest BCUT2D eigenvalue weighted by atomic mass is 10.1. The number of amides is 1. The number of anilines is 1. The number of hydrogen-bond donors (Lipinski definition) is 2. The molecular formula is C23H23ClN2O5S. The van der Waals surface area contributed by atoms with Crippen molar-refractivity contribution in [2.45, 2.75) is 17.9 Å². The van der Waals surface area contributed by atoms with Crippen LogP contribution in [-0.4, -0.2) is 28.0 Å². The molecular weight excluding hydrogens is 452 g/mol. The van der Waals surface area contributed by atoms with E-state index >= 15 is 0 Å². The van der Waals surface area contributed by atoms with E-state index in [0.717, 1.165) is 5.56 Å². The molecule has 0 saturated carbocycles. The average molecular weight is 475 g/mol. The summed E-state index contributed by atoms with van der Waals surface area (Å²) in [5.74, 6) is 0.295. The number of carbonyl (C=O) groups is 1. The van der Waals surface area contributed by atoms with Crippen molar-refractivity contribution < 1.29 is 22.7 Å². The zero-order valence-corrected chi connectivity index (χ0v) is 19.1. The molecule has 0 aliphatic carbocycles. The second kappa shape index (κ2) is 10.5. The van der Waals surface area contributed by atoms with Crippen molar-refractivity contribution in [3.63, 3.8) is 0 Å². The summed E-state index contributed by atoms with van der Waals surface area (Å²) in [5, 5.41) is 2.76. The first-order valence-electron chi connectivity index (χ1n) is 9.72. The number of halogens is 1. The number of hydrogen-bond acceptors (Lipinski definition) is 5. The van der Waals surface area contributed by atoms with E-state index in [1.165, 1.54) is 25.3 Å². The predicted octanol–water partition coefficient (Wildman–Crippen LogP) is 4.41. The Morgan fingerprint density at radius 3 is 2.38 bits per heavy atom. The molecule has 9 heteroatoms. The Morgan fingerprint density at radius 2 is 1.69 bits per heavy atom. The second-order valence-electron chi connectivity index (χ2n) is 6.88. The summed E-state index contributed by atoms with van der Waals surface area (Å²) < 4.78 is 38.7. The SMILES string of the molecule is COc1ccccc1NC(=O)COc1ccc(S(=O)(=O)NC(C)c2ccccc2)cc1Cl. The molecule has 0 aromatic heterocycles. The van der Waals surface area contributed by atoms with Crippen molar-refractivity contribution in [2.75, 3.05) is 19.0 Å². The van der Waals surface area contributed by atoms with E-state index in [4.69, 9.17) is 21.1 Å². The Kier molecular flexibility index (Phi) is 7.74. The van der Waals surface area contributed by atoms with Crippen LogP contribution < -0.4 is 19.5 Å². The Hall–Kier alpha value is -3.07. The van der Waals surface area contributed by atoms with Gasteiger partial charge in [-0.15, -0.1) is 0 Å². The topological polar surface area (TPSA) is 93.7 Å². The molecule has 3 aromatic carbocycles. The Morgan fingerprint density at radius 1 is 1.00 bits per heavy atom. The number of methoxy groups -OCH3 is 1. The molecule has 168 valence electrons. The van der Waals surface area contributed by atoms with Gasteiger partial charge >= 0.3 is 0 Å². The average Bonchev–Trinajstić information content (AvgIpc) is 2.79. The summed E-state index contributed by atoms with van der Waals surface area (Å²) in [5.41, 5.74) is 1.35. The maximum absolute atomic E-state index is 12.7. The van der Waals surface area contributed by atoms with Crippen LogP contribution in [0, 0.1) is 0 Å². The van der Waals surface area contributed by atoms with Crippen LogP contribution in [0.25, 0.3) is 0 Å². The molecule has 0 aliphatic rings. The summed E-state index contributed by atoms with van der Waals surface area (Å²) in [6, 6.07) is 19.9. The highest BCUT2D eigenvalue weighted by molar-refractivity contribution is 7.89. The minimum absolute atomic E-state index is 0.00361. The summed E-state index contributed by atoms with van der Waals surface area (Å²) in [7, 11) is -2.30. The van der Waals surface area contributed by atoms with E-state index in [2.05, 4.69) is 10.0 Å². The molecule has 0 saturated heterocycles. The van der Waals surface area contributed by atoms with Crippen LogP contribution in [0.3, 0.4) is 0 Å². The van der Waals surface area contributed by atoms with Gasteiger partial charge in [0.2, 0.25) is 10.0 Å². The number of rotatable bonds is 9. The van der Waals surface area contributed by atoms with Gasteiger partial charge in [-0.25, -0.2) is 13.1 Å². The van der Waals surface area contributed by atoms with Crippen molar-refractivity contribution in [3.8, 4) is 11.5 Å². The van der Waals surface area contributed by atoms with Crippen LogP contribution in [0.1, 0.15) is 18.5 Å². The van der Waals surface area contributed by atoms with Crippen molar-refractivity contribution in [3.05, 3.63) is 83.4 Å². The third kappa shape index (κ3) is 6.00. The van der Waals surface area contributed by atoms with E-state index < -0.39 is 22.0 Å². The molecule has 0 aliphatic heterocycles. The normalized spacial score (nSPS) is 12.1. The van der Waals surface area contributed by atoms with Gasteiger partial charge in [-0.3, -0.25) is 4.79 Å². The minimum Gasteiger partial charge on any atom is -0.495 e. The largest absolute Gasteiger partial charge is 0.495 e. The molecule has 2 N–H and O–H groups in total. The van der Waals surface area contributed by atoms with Crippen molar-refractivity contribution in [1.82, 2.24) is 4.72 Å². The van der Waals surface area contributed by atoms with Crippen LogP contribution in [0.5, 0.6) is 11.5 Å². The standard InChI is InChI=1S/C23H23ClN2O5S/c1-16(17-8-4-3-5-9-17)26-32(28,29)18-12-13-21(19(24)14-18)31-15-23(27)25-20-10-6-7-11-22(20)30-2/h3-14,16,26H,15H2,1-2H3,(H,25,27). The third-order valence-electron chi connectivity index (χ3n) is 4.58. The summed E-state index contributed by atoms with van der Waals surface area (Å²) in [4.78, 5) is 12.2. The van der Waals surface area contributed by atoms with Crippen LogP contribution in [0.2, 0.25) is 5.02 Å². The lowest BCUT2D eigenvalue weighted by Gasteiger charge is -2.15. The molecule has 32 heavy (non-hydrogen) atoms. The van der Waals surface area contributed by atoms with Crippen LogP contribution >= 0.6 is 11.6 Å². The lowest BCUT2D eigenvalue weighted by Crippen LogP contribution is -2.27. The van der Waals surface area contributed by atoms with Crippen molar-refractivity contribution >= 4 is 33.2 Å². The molecule has 0 spiro atoms. The van der Waals surface area contributed by atoms with Gasteiger partial charge in [0.25, 0.3) is 5.91 Å². The fourth-order valence-electron chi connectivity index (χ4n) is 2.95. The van der Waals surface area contributed by atoms with Crippen LogP contribution in [0.4, 0.5) is 5.69 Å². The van der Waals surface area contributed by atoms with Gasteiger partial charge < -0.3 is 14.8 Å². The Balaban J connectivity index is 1.63. The molecule has 0 bridgehead atoms. The Bertz CT molecular complexity index is 1190. The van der Waals surface area contributed by atoms with Gasteiger partial charge in [-0.05, 0) is 42.8 Å². The summed E-state index contributed by atoms with van der Waals surface area (Å²) in [6.45, 7) is 1.44. The highest BCUT2D eigenvalue weighted by Crippen LogP contribution is 2.28. The Labute approximate surface area is 192 Å². The second-order valence-corrected chi connectivity index (χ2v) is 9.00. The van der Waals surface area contributed by atoms with E-state index in [1.54, 1.807) is 31.2 Å². The number of benzene rings is 3. The highest BCUT2D eigenvalue weighted by atomic mass is 35.5. The maximum atomic E-state index is 12.7. The summed E-state index contributed by atoms with van der Waals surface area (Å²) >= 11 is 6.21. The number of ether oxygens (including phenoxy) is 2. The molecule has 0 radical (unpaired) electrons. The number of carbonyl (C=O) groups excluding carboxylic acids is 1. The fourth-order valence-corrected chi connectivity index (χ4v) is 4.51. The molecule has 1 atom stereocenters. The molecule has 3 aromatic rings. The number of sulfonamides is 1. The minimum atomic E-state index is -3.81. The molecule has 0 fully saturated rings. The van der Waals surface area contributed by atoms with Gasteiger partial charge in [0, 0.05) is 6.04 Å².